The van der Waals surface area contributed by atoms with E-state index in [0.29, 0.717) is 30.9 Å². The molecule has 0 amide bonds. The van der Waals surface area contributed by atoms with Gasteiger partial charge in [-0.15, -0.1) is 0 Å². The van der Waals surface area contributed by atoms with E-state index in [1.54, 1.807) is 0 Å². The van der Waals surface area contributed by atoms with Crippen LogP contribution in [-0.4, -0.2) is 55.6 Å². The molecule has 1 saturated heterocycles. The van der Waals surface area contributed by atoms with Crippen molar-refractivity contribution in [3.05, 3.63) is 59.2 Å². The number of aromatic hydroxyl groups is 1. The first-order valence-electron chi connectivity index (χ1n) is 14.5. The summed E-state index contributed by atoms with van der Waals surface area (Å²) in [6.07, 6.45) is 9.45. The molecule has 2 aromatic carbocycles. The third-order valence-corrected chi connectivity index (χ3v) is 10.6. The highest BCUT2D eigenvalue weighted by molar-refractivity contribution is 5.58. The molecule has 4 bridgehead atoms. The average molecular weight is 504 g/mol. The van der Waals surface area contributed by atoms with E-state index in [1.165, 1.54) is 42.5 Å². The standard InChI is InChI=1S/C32H41NO4/c1-35-27-18-32-13-14-33(19-22-8-9-22)28-16-24-10-11-26(34)30(29(24)32)37-15-5-12-31(28,32)17-25(27)21-36-20-23-6-3-2-4-7-23/h2-4,6-7,10-11,22,25,27-28,34H,5,8-9,12-21H2,1H3/t25-,27?,28?,31-,32?/m1/s1. The molecular formula is C32H41NO4. The maximum Gasteiger partial charge on any atom is 0.164 e. The second-order valence-electron chi connectivity index (χ2n) is 12.5. The summed E-state index contributed by atoms with van der Waals surface area (Å²) in [7, 11) is 1.88. The molecule has 7 rings (SSSR count). The smallest absolute Gasteiger partial charge is 0.164 e. The molecule has 5 aliphatic rings. The molecule has 5 atom stereocenters. The largest absolute Gasteiger partial charge is 0.504 e. The van der Waals surface area contributed by atoms with Crippen LogP contribution in [0.3, 0.4) is 0 Å². The number of hydrogen-bond donors (Lipinski definition) is 1. The molecule has 2 aromatic rings. The van der Waals surface area contributed by atoms with Gasteiger partial charge in [0.25, 0.3) is 0 Å². The number of rotatable bonds is 7. The molecule has 2 aliphatic heterocycles. The molecule has 3 aliphatic carbocycles. The number of benzene rings is 2. The van der Waals surface area contributed by atoms with Crippen molar-refractivity contribution in [3.8, 4) is 11.5 Å². The molecule has 37 heavy (non-hydrogen) atoms. The Morgan fingerprint density at radius 1 is 1.08 bits per heavy atom. The lowest BCUT2D eigenvalue weighted by molar-refractivity contribution is -0.167. The van der Waals surface area contributed by atoms with Crippen LogP contribution in [0.5, 0.6) is 11.5 Å². The average Bonchev–Trinajstić information content (AvgIpc) is 3.73. The van der Waals surface area contributed by atoms with Crippen molar-refractivity contribution in [3.63, 3.8) is 0 Å². The van der Waals surface area contributed by atoms with Crippen molar-refractivity contribution < 1.29 is 19.3 Å². The second kappa shape index (κ2) is 9.29. The Morgan fingerprint density at radius 2 is 1.95 bits per heavy atom. The number of phenolic OH excluding ortho intramolecular Hbond substituents is 1. The number of methoxy groups -OCH3 is 1. The van der Waals surface area contributed by atoms with Crippen molar-refractivity contribution in [2.24, 2.45) is 17.3 Å². The van der Waals surface area contributed by atoms with Crippen molar-refractivity contribution in [1.82, 2.24) is 4.90 Å². The highest BCUT2D eigenvalue weighted by Crippen LogP contribution is 2.69. The van der Waals surface area contributed by atoms with Gasteiger partial charge in [0.05, 0.1) is 25.9 Å². The molecule has 198 valence electrons. The number of hydrogen-bond acceptors (Lipinski definition) is 5. The summed E-state index contributed by atoms with van der Waals surface area (Å²) in [5, 5.41) is 11.0. The number of likely N-dealkylation sites (tertiary alicyclic amines) is 1. The molecule has 2 saturated carbocycles. The van der Waals surface area contributed by atoms with E-state index < -0.39 is 0 Å². The van der Waals surface area contributed by atoms with Crippen LogP contribution >= 0.6 is 0 Å². The van der Waals surface area contributed by atoms with Crippen LogP contribution in [0.2, 0.25) is 0 Å². The Hall–Kier alpha value is -2.08. The molecule has 1 N–H and O–H groups in total. The highest BCUT2D eigenvalue weighted by atomic mass is 16.5. The van der Waals surface area contributed by atoms with Crippen LogP contribution in [0, 0.1) is 17.3 Å². The number of nitrogens with zero attached hydrogens (tertiary/aromatic N) is 1. The summed E-state index contributed by atoms with van der Waals surface area (Å²) in [6, 6.07) is 15.1. The summed E-state index contributed by atoms with van der Waals surface area (Å²) in [6.45, 7) is 4.46. The van der Waals surface area contributed by atoms with E-state index in [4.69, 9.17) is 14.2 Å². The first-order valence-corrected chi connectivity index (χ1v) is 14.5. The van der Waals surface area contributed by atoms with Gasteiger partial charge in [-0.25, -0.2) is 0 Å². The first-order chi connectivity index (χ1) is 18.1. The van der Waals surface area contributed by atoms with Gasteiger partial charge in [0.15, 0.2) is 11.5 Å². The van der Waals surface area contributed by atoms with Gasteiger partial charge < -0.3 is 19.3 Å². The maximum atomic E-state index is 11.0. The lowest BCUT2D eigenvalue weighted by Gasteiger charge is -2.69. The third kappa shape index (κ3) is 3.84. The van der Waals surface area contributed by atoms with E-state index in [9.17, 15) is 5.11 Å². The summed E-state index contributed by atoms with van der Waals surface area (Å²) in [4.78, 5) is 2.88. The minimum Gasteiger partial charge on any atom is -0.504 e. The van der Waals surface area contributed by atoms with Crippen molar-refractivity contribution in [2.45, 2.75) is 75.5 Å². The zero-order valence-corrected chi connectivity index (χ0v) is 22.2. The van der Waals surface area contributed by atoms with E-state index >= 15 is 0 Å². The SMILES string of the molecule is COC1CC23CCN(CC4CC4)C4Cc5ccc(O)c(c52)OCCC[C@@]43C[C@@H]1COCc1ccccc1. The Balaban J connectivity index is 1.28. The van der Waals surface area contributed by atoms with Gasteiger partial charge in [0, 0.05) is 36.6 Å². The fourth-order valence-electron chi connectivity index (χ4n) is 8.88. The Labute approximate surface area is 221 Å². The van der Waals surface area contributed by atoms with Crippen molar-refractivity contribution >= 4 is 0 Å². The predicted molar refractivity (Wildman–Crippen MR) is 143 cm³/mol. The summed E-state index contributed by atoms with van der Waals surface area (Å²) in [5.74, 6) is 2.33. The molecule has 0 spiro atoms. The zero-order chi connectivity index (χ0) is 25.0. The van der Waals surface area contributed by atoms with Crippen LogP contribution in [0.15, 0.2) is 42.5 Å². The van der Waals surface area contributed by atoms with Gasteiger partial charge in [-0.05, 0) is 86.4 Å². The Bertz CT molecular complexity index is 1130. The van der Waals surface area contributed by atoms with Gasteiger partial charge >= 0.3 is 0 Å². The summed E-state index contributed by atoms with van der Waals surface area (Å²) >= 11 is 0. The topological polar surface area (TPSA) is 51.2 Å². The van der Waals surface area contributed by atoms with E-state index in [1.807, 2.05) is 13.2 Å². The summed E-state index contributed by atoms with van der Waals surface area (Å²) in [5.41, 5.74) is 4.08. The van der Waals surface area contributed by atoms with Gasteiger partial charge in [0.2, 0.25) is 0 Å². The first kappa shape index (κ1) is 24.0. The maximum absolute atomic E-state index is 11.0. The monoisotopic (exact) mass is 503 g/mol. The number of ether oxygens (including phenoxy) is 3. The molecule has 5 heteroatoms. The van der Waals surface area contributed by atoms with Gasteiger partial charge in [-0.2, -0.15) is 0 Å². The molecule has 3 unspecified atom stereocenters. The Kier molecular flexibility index (Phi) is 6.02. The van der Waals surface area contributed by atoms with E-state index in [0.717, 1.165) is 56.9 Å². The Morgan fingerprint density at radius 3 is 2.76 bits per heavy atom. The molecule has 2 heterocycles. The van der Waals surface area contributed by atoms with Crippen molar-refractivity contribution in [2.75, 3.05) is 33.4 Å². The lowest BCUT2D eigenvalue weighted by atomic mass is 9.41. The zero-order valence-electron chi connectivity index (χ0n) is 22.2. The van der Waals surface area contributed by atoms with Crippen LogP contribution < -0.4 is 4.74 Å². The van der Waals surface area contributed by atoms with Gasteiger partial charge in [0.1, 0.15) is 0 Å². The van der Waals surface area contributed by atoms with Crippen LogP contribution in [-0.2, 0) is 27.9 Å². The van der Waals surface area contributed by atoms with E-state index in [2.05, 4.69) is 41.3 Å². The summed E-state index contributed by atoms with van der Waals surface area (Å²) < 4.78 is 19.0. The van der Waals surface area contributed by atoms with Crippen molar-refractivity contribution in [1.29, 1.82) is 0 Å². The molecular weight excluding hydrogens is 462 g/mol. The molecule has 3 fully saturated rings. The molecule has 0 radical (unpaired) electrons. The highest BCUT2D eigenvalue weighted by Gasteiger charge is 2.67. The minimum absolute atomic E-state index is 0.0175. The van der Waals surface area contributed by atoms with Crippen LogP contribution in [0.25, 0.3) is 0 Å². The fraction of sp³-hybridized carbons (Fsp3) is 0.625. The van der Waals surface area contributed by atoms with Crippen LogP contribution in [0.1, 0.15) is 61.6 Å². The number of piperidine rings is 1. The molecule has 0 aromatic heterocycles. The minimum atomic E-state index is -0.0175. The second-order valence-corrected chi connectivity index (χ2v) is 12.5. The van der Waals surface area contributed by atoms with Crippen LogP contribution in [0.4, 0.5) is 0 Å². The van der Waals surface area contributed by atoms with Gasteiger partial charge in [-0.3, -0.25) is 4.90 Å². The quantitative estimate of drug-likeness (QED) is 0.543. The number of phenols is 1. The lowest BCUT2D eigenvalue weighted by Crippen LogP contribution is -2.71. The normalized spacial score (nSPS) is 34.7. The molecule has 5 nitrogen and oxygen atoms in total. The fourth-order valence-corrected chi connectivity index (χ4v) is 8.88. The van der Waals surface area contributed by atoms with E-state index in [-0.39, 0.29) is 16.9 Å². The third-order valence-electron chi connectivity index (χ3n) is 10.6. The predicted octanol–water partition coefficient (Wildman–Crippen LogP) is 5.47. The van der Waals surface area contributed by atoms with Gasteiger partial charge in [-0.1, -0.05) is 36.4 Å².